The summed E-state index contributed by atoms with van der Waals surface area (Å²) in [7, 11) is 1.68. The molecule has 0 aromatic heterocycles. The average molecular weight is 264 g/mol. The summed E-state index contributed by atoms with van der Waals surface area (Å²) in [5, 5.41) is 2.80. The Morgan fingerprint density at radius 1 is 1.37 bits per heavy atom. The number of benzene rings is 1. The molecule has 0 saturated heterocycles. The Kier molecular flexibility index (Phi) is 4.95. The molecule has 0 aliphatic carbocycles. The second-order valence-electron chi connectivity index (χ2n) is 5.71. The van der Waals surface area contributed by atoms with Crippen LogP contribution in [0.3, 0.4) is 0 Å². The van der Waals surface area contributed by atoms with Gasteiger partial charge < -0.3 is 15.8 Å². The molecule has 1 rings (SSSR count). The minimum Gasteiger partial charge on any atom is -0.496 e. The van der Waals surface area contributed by atoms with Gasteiger partial charge in [0.25, 0.3) is 0 Å². The highest BCUT2D eigenvalue weighted by atomic mass is 16.5. The largest absolute Gasteiger partial charge is 0.496 e. The first kappa shape index (κ1) is 15.5. The number of carbonyl (C=O) groups excluding carboxylic acids is 1. The first-order valence-corrected chi connectivity index (χ1v) is 6.44. The molecule has 1 aromatic carbocycles. The molecule has 0 unspecified atom stereocenters. The van der Waals surface area contributed by atoms with E-state index in [0.717, 1.165) is 22.4 Å². The zero-order chi connectivity index (χ0) is 14.6. The minimum absolute atomic E-state index is 0.00826. The van der Waals surface area contributed by atoms with Crippen LogP contribution in [0.2, 0.25) is 0 Å². The number of ether oxygens (including phenoxy) is 1. The Morgan fingerprint density at radius 2 is 2.00 bits per heavy atom. The van der Waals surface area contributed by atoms with Crippen LogP contribution in [0.15, 0.2) is 12.1 Å². The molecule has 0 saturated carbocycles. The van der Waals surface area contributed by atoms with E-state index in [0.29, 0.717) is 6.54 Å². The molecule has 0 aliphatic heterocycles. The van der Waals surface area contributed by atoms with E-state index in [1.165, 1.54) is 0 Å². The Morgan fingerprint density at radius 3 is 2.47 bits per heavy atom. The number of nitrogens with one attached hydrogen (secondary N) is 1. The van der Waals surface area contributed by atoms with Gasteiger partial charge in [-0.1, -0.05) is 20.8 Å². The van der Waals surface area contributed by atoms with E-state index in [9.17, 15) is 4.79 Å². The summed E-state index contributed by atoms with van der Waals surface area (Å²) in [6.07, 6.45) is 0. The van der Waals surface area contributed by atoms with Crippen LogP contribution in [0.4, 0.5) is 0 Å². The Bertz CT molecular complexity index is 462. The highest BCUT2D eigenvalue weighted by Crippen LogP contribution is 2.33. The van der Waals surface area contributed by atoms with Gasteiger partial charge in [-0.3, -0.25) is 4.79 Å². The van der Waals surface area contributed by atoms with Crippen molar-refractivity contribution in [1.29, 1.82) is 0 Å². The summed E-state index contributed by atoms with van der Waals surface area (Å²) in [6.45, 7) is 8.95. The van der Waals surface area contributed by atoms with Crippen molar-refractivity contribution in [2.24, 2.45) is 5.73 Å². The van der Waals surface area contributed by atoms with Gasteiger partial charge in [0, 0.05) is 6.54 Å². The quantitative estimate of drug-likeness (QED) is 0.872. The fourth-order valence-corrected chi connectivity index (χ4v) is 1.94. The van der Waals surface area contributed by atoms with Crippen LogP contribution >= 0.6 is 0 Å². The number of hydrogen-bond donors (Lipinski definition) is 2. The van der Waals surface area contributed by atoms with Crippen LogP contribution in [-0.4, -0.2) is 19.6 Å². The van der Waals surface area contributed by atoms with Crippen molar-refractivity contribution in [2.45, 2.75) is 39.7 Å². The molecule has 0 fully saturated rings. The van der Waals surface area contributed by atoms with Crippen LogP contribution < -0.4 is 15.8 Å². The molecule has 0 radical (unpaired) electrons. The molecule has 4 heteroatoms. The zero-order valence-corrected chi connectivity index (χ0v) is 12.5. The lowest BCUT2D eigenvalue weighted by atomic mass is 9.84. The predicted molar refractivity (Wildman–Crippen MR) is 77.3 cm³/mol. The molecule has 0 spiro atoms. The van der Waals surface area contributed by atoms with E-state index < -0.39 is 0 Å². The molecule has 0 heterocycles. The van der Waals surface area contributed by atoms with E-state index >= 15 is 0 Å². The summed E-state index contributed by atoms with van der Waals surface area (Å²) >= 11 is 0. The second kappa shape index (κ2) is 6.06. The van der Waals surface area contributed by atoms with Crippen LogP contribution in [0, 0.1) is 6.92 Å². The van der Waals surface area contributed by atoms with Gasteiger partial charge in [0.05, 0.1) is 13.7 Å². The van der Waals surface area contributed by atoms with Gasteiger partial charge in [0.2, 0.25) is 5.91 Å². The number of rotatable bonds is 4. The van der Waals surface area contributed by atoms with Crippen LogP contribution in [0.25, 0.3) is 0 Å². The Labute approximate surface area is 115 Å². The smallest absolute Gasteiger partial charge is 0.234 e. The van der Waals surface area contributed by atoms with Crippen molar-refractivity contribution in [3.05, 3.63) is 28.8 Å². The predicted octanol–water partition coefficient (Wildman–Crippen LogP) is 1.88. The van der Waals surface area contributed by atoms with Gasteiger partial charge in [0.15, 0.2) is 0 Å². The number of amides is 1. The maximum atomic E-state index is 11.2. The molecule has 3 N–H and O–H groups in total. The molecular weight excluding hydrogens is 240 g/mol. The lowest BCUT2D eigenvalue weighted by Crippen LogP contribution is -2.30. The third-order valence-electron chi connectivity index (χ3n) is 3.13. The highest BCUT2D eigenvalue weighted by molar-refractivity contribution is 5.77. The Hall–Kier alpha value is -1.55. The van der Waals surface area contributed by atoms with Gasteiger partial charge in [-0.2, -0.15) is 0 Å². The van der Waals surface area contributed by atoms with Gasteiger partial charge in [0.1, 0.15) is 5.75 Å². The van der Waals surface area contributed by atoms with Crippen molar-refractivity contribution in [2.75, 3.05) is 13.7 Å². The van der Waals surface area contributed by atoms with Gasteiger partial charge >= 0.3 is 0 Å². The monoisotopic (exact) mass is 264 g/mol. The van der Waals surface area contributed by atoms with Gasteiger partial charge in [-0.25, -0.2) is 0 Å². The summed E-state index contributed by atoms with van der Waals surface area (Å²) < 4.78 is 5.45. The number of methoxy groups -OCH3 is 1. The number of aryl methyl sites for hydroxylation is 1. The highest BCUT2D eigenvalue weighted by Gasteiger charge is 2.20. The fourth-order valence-electron chi connectivity index (χ4n) is 1.94. The van der Waals surface area contributed by atoms with E-state index in [4.69, 9.17) is 10.5 Å². The number of hydrogen-bond acceptors (Lipinski definition) is 3. The van der Waals surface area contributed by atoms with E-state index in [1.54, 1.807) is 7.11 Å². The normalized spacial score (nSPS) is 11.3. The number of nitrogens with two attached hydrogens (primary N) is 1. The summed E-state index contributed by atoms with van der Waals surface area (Å²) in [4.78, 5) is 11.2. The van der Waals surface area contributed by atoms with Crippen molar-refractivity contribution < 1.29 is 9.53 Å². The first-order valence-electron chi connectivity index (χ1n) is 6.44. The molecule has 1 aromatic rings. The molecule has 0 aliphatic rings. The summed E-state index contributed by atoms with van der Waals surface area (Å²) in [5.41, 5.74) is 8.60. The van der Waals surface area contributed by atoms with Crippen molar-refractivity contribution in [3.63, 3.8) is 0 Å². The third kappa shape index (κ3) is 3.96. The summed E-state index contributed by atoms with van der Waals surface area (Å²) in [6, 6.07) is 4.12. The molecule has 4 nitrogen and oxygen atoms in total. The maximum absolute atomic E-state index is 11.2. The zero-order valence-electron chi connectivity index (χ0n) is 12.5. The van der Waals surface area contributed by atoms with Crippen LogP contribution in [-0.2, 0) is 16.8 Å². The third-order valence-corrected chi connectivity index (χ3v) is 3.13. The topological polar surface area (TPSA) is 64.3 Å². The molecular formula is C15H24N2O2. The first-order chi connectivity index (χ1) is 8.79. The molecule has 106 valence electrons. The molecule has 0 atom stereocenters. The van der Waals surface area contributed by atoms with Gasteiger partial charge in [-0.05, 0) is 41.2 Å². The fraction of sp³-hybridized carbons (Fsp3) is 0.533. The summed E-state index contributed by atoms with van der Waals surface area (Å²) in [5.74, 6) is 0.742. The maximum Gasteiger partial charge on any atom is 0.234 e. The van der Waals surface area contributed by atoms with E-state index in [-0.39, 0.29) is 17.9 Å². The van der Waals surface area contributed by atoms with Gasteiger partial charge in [-0.15, -0.1) is 0 Å². The van der Waals surface area contributed by atoms with Crippen LogP contribution in [0.5, 0.6) is 5.75 Å². The van der Waals surface area contributed by atoms with E-state index in [1.807, 2.05) is 13.0 Å². The molecule has 19 heavy (non-hydrogen) atoms. The molecule has 1 amide bonds. The number of carbonyl (C=O) groups is 1. The van der Waals surface area contributed by atoms with Crippen molar-refractivity contribution in [1.82, 2.24) is 5.32 Å². The average Bonchev–Trinajstić information content (AvgIpc) is 2.34. The van der Waals surface area contributed by atoms with Crippen LogP contribution in [0.1, 0.15) is 37.5 Å². The lowest BCUT2D eigenvalue weighted by molar-refractivity contribution is -0.119. The minimum atomic E-state index is -0.146. The van der Waals surface area contributed by atoms with Crippen molar-refractivity contribution >= 4 is 5.91 Å². The molecule has 0 bridgehead atoms. The lowest BCUT2D eigenvalue weighted by Gasteiger charge is -2.24. The Balaban J connectivity index is 3.09. The SMILES string of the molecule is COc1cc(C)c(CNC(=O)CN)cc1C(C)(C)C. The van der Waals surface area contributed by atoms with Crippen molar-refractivity contribution in [3.8, 4) is 5.75 Å². The second-order valence-corrected chi connectivity index (χ2v) is 5.71. The standard InChI is InChI=1S/C15H24N2O2/c1-10-6-13(19-5)12(15(2,3)4)7-11(10)9-17-14(18)8-16/h6-7H,8-9,16H2,1-5H3,(H,17,18). The van der Waals surface area contributed by atoms with E-state index in [2.05, 4.69) is 32.2 Å².